The van der Waals surface area contributed by atoms with E-state index >= 15 is 0 Å². The van der Waals surface area contributed by atoms with Crippen molar-refractivity contribution in [2.75, 3.05) is 6.54 Å². The summed E-state index contributed by atoms with van der Waals surface area (Å²) in [5, 5.41) is 3.68. The smallest absolute Gasteiger partial charge is 0.0983 e. The van der Waals surface area contributed by atoms with Crippen molar-refractivity contribution < 1.29 is 4.74 Å². The van der Waals surface area contributed by atoms with Crippen LogP contribution in [0.3, 0.4) is 0 Å². The molecule has 0 aromatic heterocycles. The molecular formula is C17H25NO. The zero-order valence-electron chi connectivity index (χ0n) is 12.1. The van der Waals surface area contributed by atoms with Gasteiger partial charge in [0, 0.05) is 12.6 Å². The summed E-state index contributed by atoms with van der Waals surface area (Å²) >= 11 is 0. The number of hydrogen-bond acceptors (Lipinski definition) is 2. The molecule has 1 heterocycles. The molecule has 2 unspecified atom stereocenters. The molecule has 1 spiro atoms. The van der Waals surface area contributed by atoms with Crippen molar-refractivity contribution in [3.8, 4) is 0 Å². The Bertz CT molecular complexity index is 403. The van der Waals surface area contributed by atoms with E-state index in [1.807, 2.05) is 0 Å². The maximum atomic E-state index is 6.60. The minimum Gasteiger partial charge on any atom is -0.364 e. The Kier molecular flexibility index (Phi) is 3.64. The largest absolute Gasteiger partial charge is 0.364 e. The molecule has 1 aliphatic heterocycles. The first-order valence-corrected chi connectivity index (χ1v) is 7.65. The van der Waals surface area contributed by atoms with Gasteiger partial charge in [-0.15, -0.1) is 0 Å². The Hall–Kier alpha value is -0.860. The predicted molar refractivity (Wildman–Crippen MR) is 78.1 cm³/mol. The summed E-state index contributed by atoms with van der Waals surface area (Å²) < 4.78 is 6.60. The summed E-state index contributed by atoms with van der Waals surface area (Å²) in [6.07, 6.45) is 5.21. The molecule has 1 aromatic carbocycles. The van der Waals surface area contributed by atoms with Crippen LogP contribution < -0.4 is 5.32 Å². The molecule has 2 fully saturated rings. The molecule has 1 aliphatic carbocycles. The summed E-state index contributed by atoms with van der Waals surface area (Å²) in [5.41, 5.74) is 1.39. The molecule has 1 saturated heterocycles. The fourth-order valence-electron chi connectivity index (χ4n) is 3.45. The lowest BCUT2D eigenvalue weighted by atomic mass is 9.78. The monoisotopic (exact) mass is 259 g/mol. The maximum Gasteiger partial charge on any atom is 0.0983 e. The van der Waals surface area contributed by atoms with Crippen molar-refractivity contribution in [3.05, 3.63) is 35.9 Å². The van der Waals surface area contributed by atoms with E-state index in [-0.39, 0.29) is 11.7 Å². The van der Waals surface area contributed by atoms with Crippen molar-refractivity contribution >= 4 is 0 Å². The molecule has 0 bridgehead atoms. The van der Waals surface area contributed by atoms with Crippen LogP contribution in [0.2, 0.25) is 0 Å². The highest BCUT2D eigenvalue weighted by Gasteiger charge is 2.42. The van der Waals surface area contributed by atoms with Gasteiger partial charge in [0.25, 0.3) is 0 Å². The molecule has 2 nitrogen and oxygen atoms in total. The lowest BCUT2D eigenvalue weighted by molar-refractivity contribution is -0.155. The molecule has 2 heteroatoms. The topological polar surface area (TPSA) is 21.3 Å². The minimum atomic E-state index is 0.0829. The van der Waals surface area contributed by atoms with E-state index in [9.17, 15) is 0 Å². The standard InChI is InChI=1S/C17H25NO/c1-13-8-10-17(11-9-13)12-18-14(2)16(19-17)15-6-4-3-5-7-15/h3-7,13-14,16,18H,8-12H2,1-2H3. The van der Waals surface area contributed by atoms with Crippen LogP contribution in [0, 0.1) is 5.92 Å². The van der Waals surface area contributed by atoms with Crippen molar-refractivity contribution in [3.63, 3.8) is 0 Å². The zero-order chi connectivity index (χ0) is 13.3. The van der Waals surface area contributed by atoms with Gasteiger partial charge in [0.15, 0.2) is 0 Å². The van der Waals surface area contributed by atoms with E-state index in [0.717, 1.165) is 12.5 Å². The Morgan fingerprint density at radius 2 is 1.79 bits per heavy atom. The van der Waals surface area contributed by atoms with E-state index in [2.05, 4.69) is 49.5 Å². The summed E-state index contributed by atoms with van der Waals surface area (Å²) in [6, 6.07) is 11.1. The van der Waals surface area contributed by atoms with E-state index in [4.69, 9.17) is 4.74 Å². The number of ether oxygens (including phenoxy) is 1. The average molecular weight is 259 g/mol. The molecule has 1 saturated carbocycles. The summed E-state index contributed by atoms with van der Waals surface area (Å²) in [7, 11) is 0. The lowest BCUT2D eigenvalue weighted by Gasteiger charge is -2.48. The zero-order valence-corrected chi connectivity index (χ0v) is 12.1. The molecule has 19 heavy (non-hydrogen) atoms. The van der Waals surface area contributed by atoms with Gasteiger partial charge in [-0.25, -0.2) is 0 Å². The van der Waals surface area contributed by atoms with Gasteiger partial charge in [-0.05, 0) is 44.1 Å². The second kappa shape index (κ2) is 5.26. The highest BCUT2D eigenvalue weighted by atomic mass is 16.5. The SMILES string of the molecule is CC1CCC2(CC1)CNC(C)C(c1ccccc1)O2. The summed E-state index contributed by atoms with van der Waals surface area (Å²) in [6.45, 7) is 5.61. The molecule has 1 N–H and O–H groups in total. The third kappa shape index (κ3) is 2.70. The molecule has 104 valence electrons. The first-order chi connectivity index (χ1) is 9.19. The Morgan fingerprint density at radius 3 is 2.47 bits per heavy atom. The van der Waals surface area contributed by atoms with Crippen LogP contribution in [-0.4, -0.2) is 18.2 Å². The second-order valence-corrected chi connectivity index (χ2v) is 6.48. The predicted octanol–water partition coefficient (Wildman–Crippen LogP) is 3.68. The third-order valence-corrected chi connectivity index (χ3v) is 4.89. The number of hydrogen-bond donors (Lipinski definition) is 1. The number of benzene rings is 1. The van der Waals surface area contributed by atoms with Crippen molar-refractivity contribution in [1.82, 2.24) is 5.32 Å². The molecule has 2 aliphatic rings. The second-order valence-electron chi connectivity index (χ2n) is 6.48. The van der Waals surface area contributed by atoms with Crippen LogP contribution in [0.5, 0.6) is 0 Å². The van der Waals surface area contributed by atoms with Gasteiger partial charge in [-0.1, -0.05) is 37.3 Å². The van der Waals surface area contributed by atoms with Crippen LogP contribution in [0.1, 0.15) is 51.2 Å². The number of morpholine rings is 1. The van der Waals surface area contributed by atoms with Gasteiger partial charge >= 0.3 is 0 Å². The number of rotatable bonds is 1. The third-order valence-electron chi connectivity index (χ3n) is 4.89. The molecule has 0 amide bonds. The summed E-state index contributed by atoms with van der Waals surface area (Å²) in [5.74, 6) is 0.865. The van der Waals surface area contributed by atoms with Gasteiger partial charge in [-0.2, -0.15) is 0 Å². The van der Waals surface area contributed by atoms with Gasteiger partial charge in [-0.3, -0.25) is 0 Å². The van der Waals surface area contributed by atoms with E-state index in [0.29, 0.717) is 6.04 Å². The number of nitrogens with one attached hydrogen (secondary N) is 1. The minimum absolute atomic E-state index is 0.0829. The van der Waals surface area contributed by atoms with Crippen LogP contribution in [0.25, 0.3) is 0 Å². The highest BCUT2D eigenvalue weighted by Crippen LogP contribution is 2.41. The molecule has 2 atom stereocenters. The normalized spacial score (nSPS) is 39.4. The van der Waals surface area contributed by atoms with Crippen molar-refractivity contribution in [2.45, 2.75) is 57.3 Å². The molecule has 3 rings (SSSR count). The van der Waals surface area contributed by atoms with Crippen LogP contribution in [-0.2, 0) is 4.74 Å². The van der Waals surface area contributed by atoms with Gasteiger partial charge < -0.3 is 10.1 Å². The average Bonchev–Trinajstić information content (AvgIpc) is 2.46. The van der Waals surface area contributed by atoms with E-state index < -0.39 is 0 Å². The van der Waals surface area contributed by atoms with Gasteiger partial charge in [0.05, 0.1) is 11.7 Å². The fraction of sp³-hybridized carbons (Fsp3) is 0.647. The van der Waals surface area contributed by atoms with E-state index in [1.54, 1.807) is 0 Å². The Balaban J connectivity index is 1.77. The highest BCUT2D eigenvalue weighted by molar-refractivity contribution is 5.20. The summed E-state index contributed by atoms with van der Waals surface area (Å²) in [4.78, 5) is 0. The Morgan fingerprint density at radius 1 is 1.11 bits per heavy atom. The van der Waals surface area contributed by atoms with Crippen molar-refractivity contribution in [1.29, 1.82) is 0 Å². The molecule has 0 radical (unpaired) electrons. The first kappa shape index (κ1) is 13.1. The van der Waals surface area contributed by atoms with Gasteiger partial charge in [0.2, 0.25) is 0 Å². The fourth-order valence-corrected chi connectivity index (χ4v) is 3.45. The molecule has 1 aromatic rings. The maximum absolute atomic E-state index is 6.60. The van der Waals surface area contributed by atoms with Crippen LogP contribution >= 0.6 is 0 Å². The van der Waals surface area contributed by atoms with Gasteiger partial charge in [0.1, 0.15) is 0 Å². The lowest BCUT2D eigenvalue weighted by Crippen LogP contribution is -2.56. The molecular weight excluding hydrogens is 234 g/mol. The quantitative estimate of drug-likeness (QED) is 0.830. The Labute approximate surface area is 116 Å². The van der Waals surface area contributed by atoms with Crippen LogP contribution in [0.15, 0.2) is 30.3 Å². The first-order valence-electron chi connectivity index (χ1n) is 7.65. The van der Waals surface area contributed by atoms with E-state index in [1.165, 1.54) is 31.2 Å². The van der Waals surface area contributed by atoms with Crippen molar-refractivity contribution in [2.24, 2.45) is 5.92 Å². The van der Waals surface area contributed by atoms with Crippen LogP contribution in [0.4, 0.5) is 0 Å².